The minimum atomic E-state index is 0.418. The van der Waals surface area contributed by atoms with Crippen LogP contribution in [0.5, 0.6) is 0 Å². The van der Waals surface area contributed by atoms with Crippen LogP contribution in [0.1, 0.15) is 11.3 Å². The highest BCUT2D eigenvalue weighted by molar-refractivity contribution is 7.19. The molecule has 5 rings (SSSR count). The first kappa shape index (κ1) is 23.3. The average molecular weight is 493 g/mol. The third kappa shape index (κ3) is 5.14. The zero-order chi connectivity index (χ0) is 24.2. The van der Waals surface area contributed by atoms with Crippen molar-refractivity contribution >= 4 is 39.5 Å². The Morgan fingerprint density at radius 3 is 2.14 bits per heavy atom. The molecule has 3 aromatic rings. The van der Waals surface area contributed by atoms with E-state index in [1.165, 1.54) is 11.3 Å². The highest BCUT2D eigenvalue weighted by Gasteiger charge is 2.19. The number of aromatic nitrogens is 3. The minimum Gasteiger partial charge on any atom is -0.378 e. The van der Waals surface area contributed by atoms with Crippen LogP contribution in [0.25, 0.3) is 10.6 Å². The molecule has 2 N–H and O–H groups in total. The predicted octanol–water partition coefficient (Wildman–Crippen LogP) is 3.24. The zero-order valence-electron chi connectivity index (χ0n) is 19.9. The van der Waals surface area contributed by atoms with Gasteiger partial charge in [-0.15, -0.1) is 0 Å². The van der Waals surface area contributed by atoms with Gasteiger partial charge in [-0.05, 0) is 25.1 Å². The van der Waals surface area contributed by atoms with E-state index in [0.717, 1.165) is 85.4 Å². The first-order valence-electron chi connectivity index (χ1n) is 11.6. The fourth-order valence-electron chi connectivity index (χ4n) is 4.22. The van der Waals surface area contributed by atoms with Gasteiger partial charge in [0, 0.05) is 50.3 Å². The Bertz CT molecular complexity index is 1190. The molecule has 182 valence electrons. The second kappa shape index (κ2) is 10.4. The lowest BCUT2D eigenvalue weighted by Crippen LogP contribution is -2.38. The van der Waals surface area contributed by atoms with Crippen molar-refractivity contribution in [1.29, 1.82) is 5.26 Å². The summed E-state index contributed by atoms with van der Waals surface area (Å²) >= 11 is 1.47. The fraction of sp³-hybridized carbons (Fsp3) is 0.417. The summed E-state index contributed by atoms with van der Waals surface area (Å²) in [7, 11) is 1.83. The third-order valence-electron chi connectivity index (χ3n) is 6.05. The quantitative estimate of drug-likeness (QED) is 0.532. The van der Waals surface area contributed by atoms with Gasteiger partial charge in [0.2, 0.25) is 5.95 Å². The van der Waals surface area contributed by atoms with E-state index in [2.05, 4.69) is 54.7 Å². The minimum absolute atomic E-state index is 0.418. The summed E-state index contributed by atoms with van der Waals surface area (Å²) in [6.45, 7) is 8.19. The highest BCUT2D eigenvalue weighted by Crippen LogP contribution is 2.35. The van der Waals surface area contributed by atoms with Gasteiger partial charge in [-0.1, -0.05) is 11.3 Å². The van der Waals surface area contributed by atoms with Crippen LogP contribution in [-0.2, 0) is 9.47 Å². The average Bonchev–Trinajstić information content (AvgIpc) is 3.30. The smallest absolute Gasteiger partial charge is 0.227 e. The number of hydrogen-bond donors (Lipinski definition) is 2. The van der Waals surface area contributed by atoms with Crippen LogP contribution in [-0.4, -0.2) is 74.6 Å². The number of aryl methyl sites for hydroxylation is 1. The monoisotopic (exact) mass is 492 g/mol. The molecular weight excluding hydrogens is 464 g/mol. The van der Waals surface area contributed by atoms with Crippen molar-refractivity contribution in [3.8, 4) is 16.6 Å². The third-order valence-corrected chi connectivity index (χ3v) is 7.23. The first-order valence-corrected chi connectivity index (χ1v) is 12.5. The fourth-order valence-corrected chi connectivity index (χ4v) is 5.15. The standard InChI is InChI=1S/C24H28N8O2S/c1-16-22(35-24(26-2)28-16)21-17(14-25)15-27-23(30-21)29-18-11-19(31-3-7-33-8-4-31)13-20(12-18)32-5-9-34-10-6-32/h11-13,15H,3-10H2,1-2H3,(H,26,28)(H,27,29,30). The molecule has 0 radical (unpaired) electrons. The van der Waals surface area contributed by atoms with Gasteiger partial charge in [0.15, 0.2) is 5.13 Å². The second-order valence-corrected chi connectivity index (χ2v) is 9.31. The molecule has 0 saturated carbocycles. The van der Waals surface area contributed by atoms with Crippen molar-refractivity contribution in [1.82, 2.24) is 15.0 Å². The van der Waals surface area contributed by atoms with Gasteiger partial charge in [0.05, 0.1) is 48.8 Å². The molecule has 35 heavy (non-hydrogen) atoms. The normalized spacial score (nSPS) is 16.1. The van der Waals surface area contributed by atoms with Gasteiger partial charge in [-0.2, -0.15) is 5.26 Å². The van der Waals surface area contributed by atoms with Crippen molar-refractivity contribution < 1.29 is 9.47 Å². The van der Waals surface area contributed by atoms with E-state index < -0.39 is 0 Å². The number of nitriles is 1. The van der Waals surface area contributed by atoms with E-state index in [-0.39, 0.29) is 0 Å². The van der Waals surface area contributed by atoms with Gasteiger partial charge < -0.3 is 29.9 Å². The lowest BCUT2D eigenvalue weighted by atomic mass is 10.2. The first-order chi connectivity index (χ1) is 17.1. The molecule has 2 aromatic heterocycles. The van der Waals surface area contributed by atoms with Gasteiger partial charge >= 0.3 is 0 Å². The number of thiazole rings is 1. The van der Waals surface area contributed by atoms with Crippen LogP contribution >= 0.6 is 11.3 Å². The molecule has 2 saturated heterocycles. The Balaban J connectivity index is 1.50. The van der Waals surface area contributed by atoms with Crippen molar-refractivity contribution in [2.75, 3.05) is 80.1 Å². The number of anilines is 5. The summed E-state index contributed by atoms with van der Waals surface area (Å²) in [4.78, 5) is 19.2. The molecule has 0 amide bonds. The Kier molecular flexibility index (Phi) is 6.94. The molecule has 0 atom stereocenters. The predicted molar refractivity (Wildman–Crippen MR) is 138 cm³/mol. The number of benzene rings is 1. The Morgan fingerprint density at radius 1 is 0.971 bits per heavy atom. The van der Waals surface area contributed by atoms with Gasteiger partial charge in [0.25, 0.3) is 0 Å². The summed E-state index contributed by atoms with van der Waals surface area (Å²) in [6.07, 6.45) is 1.57. The summed E-state index contributed by atoms with van der Waals surface area (Å²) < 4.78 is 11.1. The lowest BCUT2D eigenvalue weighted by Gasteiger charge is -2.33. The molecule has 2 aliphatic heterocycles. The summed E-state index contributed by atoms with van der Waals surface area (Å²) in [5, 5.41) is 16.9. The Labute approximate surface area is 208 Å². The maximum absolute atomic E-state index is 9.66. The van der Waals surface area contributed by atoms with Crippen molar-refractivity contribution in [3.05, 3.63) is 35.7 Å². The van der Waals surface area contributed by atoms with E-state index in [9.17, 15) is 5.26 Å². The molecule has 0 bridgehead atoms. The molecule has 0 spiro atoms. The van der Waals surface area contributed by atoms with Crippen LogP contribution in [0.4, 0.5) is 28.1 Å². The largest absolute Gasteiger partial charge is 0.378 e. The van der Waals surface area contributed by atoms with E-state index in [1.54, 1.807) is 6.20 Å². The molecule has 2 aliphatic rings. The molecule has 0 unspecified atom stereocenters. The van der Waals surface area contributed by atoms with Gasteiger partial charge in [-0.25, -0.2) is 15.0 Å². The van der Waals surface area contributed by atoms with Crippen LogP contribution in [0.15, 0.2) is 24.4 Å². The zero-order valence-corrected chi connectivity index (χ0v) is 20.7. The van der Waals surface area contributed by atoms with Gasteiger partial charge in [-0.3, -0.25) is 0 Å². The molecule has 11 heteroatoms. The van der Waals surface area contributed by atoms with Crippen molar-refractivity contribution in [2.45, 2.75) is 6.92 Å². The number of morpholine rings is 2. The maximum Gasteiger partial charge on any atom is 0.227 e. The summed E-state index contributed by atoms with van der Waals surface area (Å²) in [6, 6.07) is 8.68. The number of nitrogens with zero attached hydrogens (tertiary/aromatic N) is 6. The molecule has 2 fully saturated rings. The van der Waals surface area contributed by atoms with Crippen molar-refractivity contribution in [3.63, 3.8) is 0 Å². The summed E-state index contributed by atoms with van der Waals surface area (Å²) in [5.74, 6) is 0.435. The van der Waals surface area contributed by atoms with Crippen LogP contribution in [0, 0.1) is 18.3 Å². The Hall–Kier alpha value is -3.46. The molecule has 1 aromatic carbocycles. The number of nitrogens with one attached hydrogen (secondary N) is 2. The molecule has 4 heterocycles. The molecule has 0 aliphatic carbocycles. The van der Waals surface area contributed by atoms with E-state index in [4.69, 9.17) is 14.5 Å². The SMILES string of the molecule is CNc1nc(C)c(-c2nc(Nc3cc(N4CCOCC4)cc(N4CCOCC4)c3)ncc2C#N)s1. The highest BCUT2D eigenvalue weighted by atomic mass is 32.1. The van der Waals surface area contributed by atoms with E-state index >= 15 is 0 Å². The number of hydrogen-bond acceptors (Lipinski definition) is 11. The van der Waals surface area contributed by atoms with Gasteiger partial charge in [0.1, 0.15) is 11.8 Å². The van der Waals surface area contributed by atoms with Crippen molar-refractivity contribution in [2.24, 2.45) is 0 Å². The lowest BCUT2D eigenvalue weighted by molar-refractivity contribution is 0.122. The van der Waals surface area contributed by atoms with Crippen LogP contribution < -0.4 is 20.4 Å². The maximum atomic E-state index is 9.66. The Morgan fingerprint density at radius 2 is 1.60 bits per heavy atom. The number of ether oxygens (including phenoxy) is 2. The van der Waals surface area contributed by atoms with E-state index in [0.29, 0.717) is 17.2 Å². The molecular formula is C24H28N8O2S. The number of rotatable bonds is 6. The van der Waals surface area contributed by atoms with E-state index in [1.807, 2.05) is 14.0 Å². The molecule has 10 nitrogen and oxygen atoms in total. The van der Waals surface area contributed by atoms with Crippen LogP contribution in [0.3, 0.4) is 0 Å². The summed E-state index contributed by atoms with van der Waals surface area (Å²) in [5.41, 5.74) is 4.98. The second-order valence-electron chi connectivity index (χ2n) is 8.31. The topological polar surface area (TPSA) is 111 Å². The van der Waals surface area contributed by atoms with Crippen LogP contribution in [0.2, 0.25) is 0 Å².